The van der Waals surface area contributed by atoms with Gasteiger partial charge in [-0.25, -0.2) is 0 Å². The van der Waals surface area contributed by atoms with Gasteiger partial charge in [0.15, 0.2) is 0 Å². The van der Waals surface area contributed by atoms with Crippen molar-refractivity contribution in [2.75, 3.05) is 0 Å². The minimum Gasteiger partial charge on any atom is -0.0651 e. The van der Waals surface area contributed by atoms with Gasteiger partial charge in [-0.3, -0.25) is 0 Å². The van der Waals surface area contributed by atoms with Crippen LogP contribution in [0, 0.1) is 18.8 Å². The van der Waals surface area contributed by atoms with Crippen molar-refractivity contribution < 1.29 is 0 Å². The lowest BCUT2D eigenvalue weighted by molar-refractivity contribution is 0.284. The largest absolute Gasteiger partial charge is 0.0651 e. The predicted octanol–water partition coefficient (Wildman–Crippen LogP) is 5.22. The maximum atomic E-state index is 2.38. The van der Waals surface area contributed by atoms with Gasteiger partial charge in [0.2, 0.25) is 0 Å². The van der Waals surface area contributed by atoms with E-state index in [0.717, 1.165) is 11.8 Å². The minimum absolute atomic E-state index is 1.02. The van der Waals surface area contributed by atoms with E-state index < -0.39 is 0 Å². The Morgan fingerprint density at radius 3 is 1.94 bits per heavy atom. The fraction of sp³-hybridized carbons (Fsp3) is 0.625. The zero-order valence-electron chi connectivity index (χ0n) is 11.1. The highest BCUT2D eigenvalue weighted by Crippen LogP contribution is 2.29. The van der Waals surface area contributed by atoms with Crippen molar-refractivity contribution in [2.24, 2.45) is 11.8 Å². The van der Waals surface area contributed by atoms with Gasteiger partial charge < -0.3 is 0 Å². The van der Waals surface area contributed by atoms with Gasteiger partial charge in [-0.2, -0.15) is 0 Å². The Balaban J connectivity index is 0.000000165. The molecule has 1 aliphatic rings. The van der Waals surface area contributed by atoms with Crippen LogP contribution in [0.4, 0.5) is 0 Å². The average Bonchev–Trinajstić information content (AvgIpc) is 2.32. The van der Waals surface area contributed by atoms with Crippen molar-refractivity contribution in [3.05, 3.63) is 35.9 Å². The van der Waals surface area contributed by atoms with Crippen LogP contribution in [0.25, 0.3) is 0 Å². The number of hydrogen-bond donors (Lipinski definition) is 0. The second-order valence-electron chi connectivity index (χ2n) is 5.19. The zero-order valence-corrected chi connectivity index (χ0v) is 11.1. The van der Waals surface area contributed by atoms with E-state index in [4.69, 9.17) is 0 Å². The van der Waals surface area contributed by atoms with Gasteiger partial charge in [0.1, 0.15) is 0 Å². The molecule has 2 rings (SSSR count). The molecule has 0 nitrogen and oxygen atoms in total. The summed E-state index contributed by atoms with van der Waals surface area (Å²) in [5.41, 5.74) is 1.32. The van der Waals surface area contributed by atoms with Crippen LogP contribution in [0.15, 0.2) is 30.3 Å². The zero-order chi connectivity index (χ0) is 11.8. The lowest BCUT2D eigenvalue weighted by Crippen LogP contribution is -2.10. The van der Waals surface area contributed by atoms with Crippen LogP contribution in [0.5, 0.6) is 0 Å². The van der Waals surface area contributed by atoms with Gasteiger partial charge in [0.25, 0.3) is 0 Å². The van der Waals surface area contributed by atoms with E-state index in [1.807, 2.05) is 18.2 Å². The van der Waals surface area contributed by atoms with Crippen molar-refractivity contribution in [3.63, 3.8) is 0 Å². The third kappa shape index (κ3) is 5.34. The third-order valence-electron chi connectivity index (χ3n) is 3.65. The van der Waals surface area contributed by atoms with Gasteiger partial charge in [0, 0.05) is 0 Å². The Morgan fingerprint density at radius 1 is 1.00 bits per heavy atom. The smallest absolute Gasteiger partial charge is 0.0398 e. The molecule has 90 valence electrons. The quantitative estimate of drug-likeness (QED) is 0.606. The molecule has 0 heteroatoms. The summed E-state index contributed by atoms with van der Waals surface area (Å²) in [7, 11) is 0. The molecular weight excluding hydrogens is 192 g/mol. The first kappa shape index (κ1) is 13.3. The van der Waals surface area contributed by atoms with Crippen LogP contribution in [0.1, 0.15) is 51.5 Å². The predicted molar refractivity (Wildman–Crippen MR) is 72.6 cm³/mol. The summed E-state index contributed by atoms with van der Waals surface area (Å²) in [4.78, 5) is 0. The van der Waals surface area contributed by atoms with E-state index in [9.17, 15) is 0 Å². The summed E-state index contributed by atoms with van der Waals surface area (Å²) in [5.74, 6) is 2.09. The van der Waals surface area contributed by atoms with Crippen LogP contribution in [0.3, 0.4) is 0 Å². The van der Waals surface area contributed by atoms with E-state index in [0.29, 0.717) is 0 Å². The Kier molecular flexibility index (Phi) is 6.22. The Morgan fingerprint density at radius 2 is 1.56 bits per heavy atom. The van der Waals surface area contributed by atoms with Crippen LogP contribution >= 0.6 is 0 Å². The van der Waals surface area contributed by atoms with Gasteiger partial charge in [0.05, 0.1) is 0 Å². The topological polar surface area (TPSA) is 0 Å². The molecule has 0 radical (unpaired) electrons. The molecule has 0 aliphatic heterocycles. The Labute approximate surface area is 101 Å². The van der Waals surface area contributed by atoms with E-state index in [-0.39, 0.29) is 0 Å². The SMILES string of the molecule is CCC1CCC(C)CC1.Cc1ccccc1. The van der Waals surface area contributed by atoms with Crippen molar-refractivity contribution in [2.45, 2.75) is 52.9 Å². The van der Waals surface area contributed by atoms with Crippen LogP contribution in [-0.2, 0) is 0 Å². The summed E-state index contributed by atoms with van der Waals surface area (Å²) >= 11 is 0. The third-order valence-corrected chi connectivity index (χ3v) is 3.65. The first-order chi connectivity index (χ1) is 7.72. The molecule has 1 aromatic carbocycles. The second-order valence-corrected chi connectivity index (χ2v) is 5.19. The van der Waals surface area contributed by atoms with Crippen LogP contribution in [-0.4, -0.2) is 0 Å². The highest BCUT2D eigenvalue weighted by Gasteiger charge is 2.15. The molecule has 0 atom stereocenters. The maximum absolute atomic E-state index is 2.38. The molecule has 1 aromatic rings. The van der Waals surface area contributed by atoms with Crippen molar-refractivity contribution in [1.29, 1.82) is 0 Å². The molecule has 0 bridgehead atoms. The second kappa shape index (κ2) is 7.49. The van der Waals surface area contributed by atoms with Crippen LogP contribution in [0.2, 0.25) is 0 Å². The molecule has 0 N–H and O–H groups in total. The fourth-order valence-corrected chi connectivity index (χ4v) is 2.27. The lowest BCUT2D eigenvalue weighted by Gasteiger charge is -2.24. The highest BCUT2D eigenvalue weighted by molar-refractivity contribution is 5.11. The number of hydrogen-bond acceptors (Lipinski definition) is 0. The minimum atomic E-state index is 1.02. The summed E-state index contributed by atoms with van der Waals surface area (Å²) in [5, 5.41) is 0. The van der Waals surface area contributed by atoms with Gasteiger partial charge in [-0.15, -0.1) is 0 Å². The van der Waals surface area contributed by atoms with E-state index >= 15 is 0 Å². The monoisotopic (exact) mass is 218 g/mol. The Bertz CT molecular complexity index is 255. The standard InChI is InChI=1S/C9H18.C7H8/c1-3-9-6-4-8(2)5-7-9;1-7-5-3-2-4-6-7/h8-9H,3-7H2,1-2H3;2-6H,1H3. The van der Waals surface area contributed by atoms with Crippen LogP contribution < -0.4 is 0 Å². The fourth-order valence-electron chi connectivity index (χ4n) is 2.27. The van der Waals surface area contributed by atoms with E-state index in [2.05, 4.69) is 32.9 Å². The molecule has 0 heterocycles. The maximum Gasteiger partial charge on any atom is -0.0398 e. The molecule has 0 unspecified atom stereocenters. The molecule has 1 fully saturated rings. The molecule has 0 saturated heterocycles. The van der Waals surface area contributed by atoms with E-state index in [1.165, 1.54) is 37.7 Å². The summed E-state index contributed by atoms with van der Waals surface area (Å²) in [6.45, 7) is 6.78. The summed E-state index contributed by atoms with van der Waals surface area (Å²) in [6.07, 6.45) is 7.37. The van der Waals surface area contributed by atoms with Gasteiger partial charge in [-0.05, 0) is 18.8 Å². The van der Waals surface area contributed by atoms with Crippen molar-refractivity contribution in [1.82, 2.24) is 0 Å². The molecule has 0 spiro atoms. The first-order valence-corrected chi connectivity index (χ1v) is 6.74. The van der Waals surface area contributed by atoms with Gasteiger partial charge >= 0.3 is 0 Å². The molecule has 1 aliphatic carbocycles. The first-order valence-electron chi connectivity index (χ1n) is 6.74. The normalized spacial score (nSPS) is 24.4. The highest BCUT2D eigenvalue weighted by atomic mass is 14.2. The Hall–Kier alpha value is -0.780. The van der Waals surface area contributed by atoms with Crippen molar-refractivity contribution >= 4 is 0 Å². The molecule has 0 amide bonds. The molecule has 16 heavy (non-hydrogen) atoms. The number of benzene rings is 1. The molecular formula is C16H26. The van der Waals surface area contributed by atoms with Gasteiger partial charge in [-0.1, -0.05) is 81.8 Å². The van der Waals surface area contributed by atoms with E-state index in [1.54, 1.807) is 0 Å². The molecule has 0 aromatic heterocycles. The van der Waals surface area contributed by atoms with Crippen molar-refractivity contribution in [3.8, 4) is 0 Å². The summed E-state index contributed by atoms with van der Waals surface area (Å²) < 4.78 is 0. The summed E-state index contributed by atoms with van der Waals surface area (Å²) in [6, 6.07) is 10.3. The number of rotatable bonds is 1. The molecule has 1 saturated carbocycles. The average molecular weight is 218 g/mol. The number of aryl methyl sites for hydroxylation is 1. The lowest BCUT2D eigenvalue weighted by atomic mass is 9.82.